The lowest BCUT2D eigenvalue weighted by atomic mass is 9.92. The molecule has 3 aromatic rings. The number of rotatable bonds is 9. The van der Waals surface area contributed by atoms with E-state index < -0.39 is 5.60 Å². The van der Waals surface area contributed by atoms with E-state index in [1.54, 1.807) is 7.11 Å². The molecule has 1 amide bonds. The Balaban J connectivity index is 1.79. The summed E-state index contributed by atoms with van der Waals surface area (Å²) in [6.45, 7) is 7.43. The van der Waals surface area contributed by atoms with Crippen LogP contribution in [0.25, 0.3) is 21.9 Å². The van der Waals surface area contributed by atoms with Crippen LogP contribution < -0.4 is 4.74 Å². The summed E-state index contributed by atoms with van der Waals surface area (Å²) in [5, 5.41) is 2.19. The number of carbonyl (C=O) groups is 1. The van der Waals surface area contributed by atoms with Gasteiger partial charge in [0.15, 0.2) is 0 Å². The van der Waals surface area contributed by atoms with Gasteiger partial charge in [-0.3, -0.25) is 0 Å². The van der Waals surface area contributed by atoms with E-state index in [1.807, 2.05) is 37.8 Å². The molecule has 0 unspecified atom stereocenters. The number of methoxy groups -OCH3 is 1. The van der Waals surface area contributed by atoms with Gasteiger partial charge in [-0.15, -0.1) is 0 Å². The molecule has 5 heteroatoms. The quantitative estimate of drug-likeness (QED) is 0.328. The molecule has 0 saturated heterocycles. The fourth-order valence-corrected chi connectivity index (χ4v) is 4.21. The third-order valence-corrected chi connectivity index (χ3v) is 5.86. The van der Waals surface area contributed by atoms with Crippen LogP contribution in [-0.4, -0.2) is 43.0 Å². The summed E-state index contributed by atoms with van der Waals surface area (Å²) < 4.78 is 17.2. The lowest BCUT2D eigenvalue weighted by Crippen LogP contribution is -2.38. The molecular formula is C29H35NO4. The van der Waals surface area contributed by atoms with Crippen LogP contribution in [0, 0.1) is 0 Å². The molecule has 0 aromatic heterocycles. The third kappa shape index (κ3) is 5.89. The molecule has 0 aliphatic heterocycles. The lowest BCUT2D eigenvalue weighted by molar-refractivity contribution is 0.0217. The minimum atomic E-state index is -0.536. The Bertz CT molecular complexity index is 1120. The Morgan fingerprint density at radius 1 is 0.971 bits per heavy atom. The van der Waals surface area contributed by atoms with E-state index in [0.717, 1.165) is 52.5 Å². The number of nitrogens with zero attached hydrogens (tertiary/aromatic N) is 1. The largest absolute Gasteiger partial charge is 0.493 e. The average molecular weight is 462 g/mol. The predicted molar refractivity (Wildman–Crippen MR) is 136 cm³/mol. The van der Waals surface area contributed by atoms with Gasteiger partial charge >= 0.3 is 6.09 Å². The Labute approximate surface area is 202 Å². The van der Waals surface area contributed by atoms with Crippen LogP contribution in [0.5, 0.6) is 5.75 Å². The molecule has 0 radical (unpaired) electrons. The van der Waals surface area contributed by atoms with Crippen molar-refractivity contribution in [2.75, 3.05) is 20.3 Å². The second kappa shape index (κ2) is 10.5. The fraction of sp³-hybridized carbons (Fsp3) is 0.414. The van der Waals surface area contributed by atoms with Crippen molar-refractivity contribution in [2.24, 2.45) is 0 Å². The van der Waals surface area contributed by atoms with Gasteiger partial charge in [-0.2, -0.15) is 0 Å². The minimum absolute atomic E-state index is 0.219. The van der Waals surface area contributed by atoms with Crippen LogP contribution in [0.15, 0.2) is 60.7 Å². The number of amides is 1. The third-order valence-electron chi connectivity index (χ3n) is 5.86. The molecule has 3 aromatic carbocycles. The van der Waals surface area contributed by atoms with Crippen molar-refractivity contribution in [3.8, 4) is 16.9 Å². The zero-order chi connectivity index (χ0) is 24.1. The summed E-state index contributed by atoms with van der Waals surface area (Å²) in [5.74, 6) is 0.835. The zero-order valence-corrected chi connectivity index (χ0v) is 20.7. The van der Waals surface area contributed by atoms with E-state index in [-0.39, 0.29) is 12.1 Å². The summed E-state index contributed by atoms with van der Waals surface area (Å²) in [6, 6.07) is 21.0. The fourth-order valence-electron chi connectivity index (χ4n) is 4.21. The second-order valence-electron chi connectivity index (χ2n) is 9.85. The van der Waals surface area contributed by atoms with Crippen LogP contribution in [0.2, 0.25) is 0 Å². The van der Waals surface area contributed by atoms with Crippen molar-refractivity contribution in [3.63, 3.8) is 0 Å². The minimum Gasteiger partial charge on any atom is -0.493 e. The molecule has 1 saturated carbocycles. The predicted octanol–water partition coefficient (Wildman–Crippen LogP) is 6.82. The topological polar surface area (TPSA) is 48.0 Å². The van der Waals surface area contributed by atoms with E-state index in [2.05, 4.69) is 48.5 Å². The van der Waals surface area contributed by atoms with Gasteiger partial charge in [-0.05, 0) is 61.8 Å². The maximum Gasteiger partial charge on any atom is 0.410 e. The molecule has 1 fully saturated rings. The highest BCUT2D eigenvalue weighted by molar-refractivity contribution is 6.01. The van der Waals surface area contributed by atoms with Gasteiger partial charge in [0.05, 0.1) is 13.2 Å². The van der Waals surface area contributed by atoms with Crippen LogP contribution in [0.1, 0.15) is 45.6 Å². The van der Waals surface area contributed by atoms with Crippen molar-refractivity contribution >= 4 is 16.9 Å². The van der Waals surface area contributed by atoms with Crippen molar-refractivity contribution in [2.45, 2.75) is 58.2 Å². The summed E-state index contributed by atoms with van der Waals surface area (Å²) in [7, 11) is 1.70. The van der Waals surface area contributed by atoms with Crippen molar-refractivity contribution in [1.82, 2.24) is 4.90 Å². The molecule has 0 bridgehead atoms. The van der Waals surface area contributed by atoms with Crippen LogP contribution in [0.3, 0.4) is 0 Å². The first-order chi connectivity index (χ1) is 16.4. The molecule has 34 heavy (non-hydrogen) atoms. The number of benzene rings is 3. The highest BCUT2D eigenvalue weighted by atomic mass is 16.6. The number of hydrogen-bond acceptors (Lipinski definition) is 4. The van der Waals surface area contributed by atoms with E-state index in [9.17, 15) is 4.79 Å². The monoisotopic (exact) mass is 461 g/mol. The SMILES string of the molecule is COCCCOc1cc(CN(C(=O)OC(C)(C)C)C2CC2)c(-c2ccccc2)c2ccccc12. The summed E-state index contributed by atoms with van der Waals surface area (Å²) in [4.78, 5) is 15.0. The van der Waals surface area contributed by atoms with Gasteiger partial charge in [-0.25, -0.2) is 4.79 Å². The Hall–Kier alpha value is -3.05. The van der Waals surface area contributed by atoms with Gasteiger partial charge in [0.1, 0.15) is 11.4 Å². The summed E-state index contributed by atoms with van der Waals surface area (Å²) >= 11 is 0. The van der Waals surface area contributed by atoms with E-state index >= 15 is 0 Å². The lowest BCUT2D eigenvalue weighted by Gasteiger charge is -2.29. The number of carbonyl (C=O) groups excluding carboxylic acids is 1. The molecule has 0 atom stereocenters. The molecule has 1 aliphatic carbocycles. The van der Waals surface area contributed by atoms with Crippen molar-refractivity contribution < 1.29 is 19.0 Å². The number of ether oxygens (including phenoxy) is 3. The Morgan fingerprint density at radius 3 is 2.29 bits per heavy atom. The molecular weight excluding hydrogens is 426 g/mol. The van der Waals surface area contributed by atoms with Gasteiger partial charge < -0.3 is 19.1 Å². The molecule has 0 spiro atoms. The molecule has 5 nitrogen and oxygen atoms in total. The van der Waals surface area contributed by atoms with E-state index in [4.69, 9.17) is 14.2 Å². The van der Waals surface area contributed by atoms with Crippen LogP contribution >= 0.6 is 0 Å². The summed E-state index contributed by atoms with van der Waals surface area (Å²) in [5.41, 5.74) is 2.78. The number of fused-ring (bicyclic) bond motifs is 1. The average Bonchev–Trinajstić information content (AvgIpc) is 3.65. The van der Waals surface area contributed by atoms with Gasteiger partial charge in [0.2, 0.25) is 0 Å². The molecule has 180 valence electrons. The molecule has 1 aliphatic rings. The number of hydrogen-bond donors (Lipinski definition) is 0. The first kappa shape index (κ1) is 24.1. The van der Waals surface area contributed by atoms with Crippen molar-refractivity contribution in [3.05, 3.63) is 66.2 Å². The Morgan fingerprint density at radius 2 is 1.65 bits per heavy atom. The van der Waals surface area contributed by atoms with Crippen LogP contribution in [-0.2, 0) is 16.0 Å². The van der Waals surface area contributed by atoms with E-state index in [1.165, 1.54) is 0 Å². The molecule has 4 rings (SSSR count). The zero-order valence-electron chi connectivity index (χ0n) is 20.7. The smallest absolute Gasteiger partial charge is 0.410 e. The van der Waals surface area contributed by atoms with Gasteiger partial charge in [-0.1, -0.05) is 54.6 Å². The maximum atomic E-state index is 13.1. The van der Waals surface area contributed by atoms with Crippen molar-refractivity contribution in [1.29, 1.82) is 0 Å². The molecule has 0 N–H and O–H groups in total. The normalized spacial score (nSPS) is 13.6. The second-order valence-corrected chi connectivity index (χ2v) is 9.85. The summed E-state index contributed by atoms with van der Waals surface area (Å²) in [6.07, 6.45) is 2.57. The first-order valence-corrected chi connectivity index (χ1v) is 12.1. The standard InChI is InChI=1S/C29H35NO4/c1-29(2,3)34-28(31)30(23-15-16-23)20-22-19-26(33-18-10-17-32-4)24-13-8-9-14-25(24)27(22)21-11-6-5-7-12-21/h5-9,11-14,19,23H,10,15-18,20H2,1-4H3. The highest BCUT2D eigenvalue weighted by Crippen LogP contribution is 2.40. The highest BCUT2D eigenvalue weighted by Gasteiger charge is 2.36. The first-order valence-electron chi connectivity index (χ1n) is 12.1. The van der Waals surface area contributed by atoms with Gasteiger partial charge in [0.25, 0.3) is 0 Å². The molecule has 0 heterocycles. The van der Waals surface area contributed by atoms with Crippen LogP contribution in [0.4, 0.5) is 4.79 Å². The Kier molecular flexibility index (Phi) is 7.42. The van der Waals surface area contributed by atoms with Gasteiger partial charge in [0, 0.05) is 31.6 Å². The maximum absolute atomic E-state index is 13.1. The van der Waals surface area contributed by atoms with E-state index in [0.29, 0.717) is 19.8 Å².